The fourth-order valence-electron chi connectivity index (χ4n) is 3.49. The Kier molecular flexibility index (Phi) is 18.3. The minimum atomic E-state index is 0.865. The lowest BCUT2D eigenvalue weighted by atomic mass is 9.99. The highest BCUT2D eigenvalue weighted by atomic mass is 15.1. The zero-order valence-electron chi connectivity index (χ0n) is 17.0. The van der Waals surface area contributed by atoms with Gasteiger partial charge in [-0.2, -0.15) is 0 Å². The summed E-state index contributed by atoms with van der Waals surface area (Å²) in [6, 6.07) is 0.865. The van der Waals surface area contributed by atoms with Gasteiger partial charge in [-0.1, -0.05) is 98.3 Å². The number of nitrogens with zero attached hydrogens (tertiary/aromatic N) is 1. The van der Waals surface area contributed by atoms with Crippen LogP contribution in [0.15, 0.2) is 0 Å². The summed E-state index contributed by atoms with van der Waals surface area (Å²) in [6.45, 7) is 12.0. The van der Waals surface area contributed by atoms with Gasteiger partial charge in [0.05, 0.1) is 0 Å². The summed E-state index contributed by atoms with van der Waals surface area (Å²) in [6.07, 6.45) is 21.1. The van der Waals surface area contributed by atoms with Crippen LogP contribution in [0.25, 0.3) is 0 Å². The van der Waals surface area contributed by atoms with Gasteiger partial charge >= 0.3 is 0 Å². The quantitative estimate of drug-likeness (QED) is 0.235. The molecule has 1 heteroatoms. The molecule has 0 aliphatic rings. The largest absolute Gasteiger partial charge is 0.300 e. The van der Waals surface area contributed by atoms with Crippen molar-refractivity contribution in [1.29, 1.82) is 0 Å². The van der Waals surface area contributed by atoms with Gasteiger partial charge in [0.25, 0.3) is 0 Å². The highest BCUT2D eigenvalue weighted by molar-refractivity contribution is 4.72. The predicted octanol–water partition coefficient (Wildman–Crippen LogP) is 7.59. The summed E-state index contributed by atoms with van der Waals surface area (Å²) in [4.78, 5) is 2.85. The van der Waals surface area contributed by atoms with Gasteiger partial charge in [-0.25, -0.2) is 0 Å². The van der Waals surface area contributed by atoms with Crippen molar-refractivity contribution >= 4 is 0 Å². The van der Waals surface area contributed by atoms with Crippen LogP contribution in [0.3, 0.4) is 0 Å². The third-order valence-electron chi connectivity index (χ3n) is 5.15. The van der Waals surface area contributed by atoms with E-state index in [1.807, 2.05) is 0 Å². The Morgan fingerprint density at radius 1 is 0.478 bits per heavy atom. The van der Waals surface area contributed by atoms with E-state index in [0.29, 0.717) is 0 Å². The minimum absolute atomic E-state index is 0.865. The first-order chi connectivity index (χ1) is 11.3. The Labute approximate surface area is 148 Å². The van der Waals surface area contributed by atoms with Crippen LogP contribution in [0.4, 0.5) is 0 Å². The lowest BCUT2D eigenvalue weighted by Crippen LogP contribution is -2.37. The molecule has 0 fully saturated rings. The maximum Gasteiger partial charge on any atom is 0.00952 e. The van der Waals surface area contributed by atoms with Crippen LogP contribution < -0.4 is 0 Å². The third kappa shape index (κ3) is 14.0. The second-order valence-corrected chi connectivity index (χ2v) is 7.45. The molecule has 23 heavy (non-hydrogen) atoms. The van der Waals surface area contributed by atoms with Crippen LogP contribution in [0.1, 0.15) is 124 Å². The van der Waals surface area contributed by atoms with E-state index in [2.05, 4.69) is 32.6 Å². The van der Waals surface area contributed by atoms with Gasteiger partial charge in [0.1, 0.15) is 0 Å². The fourth-order valence-corrected chi connectivity index (χ4v) is 3.49. The number of hydrogen-bond donors (Lipinski definition) is 0. The van der Waals surface area contributed by atoms with E-state index in [4.69, 9.17) is 0 Å². The number of hydrogen-bond acceptors (Lipinski definition) is 1. The standard InChI is InChI=1S/C22H47N/c1-5-9-13-14-15-16-17-19-22(18-10-6-2)23(20-11-7-3)21-12-8-4/h22H,5-21H2,1-4H3. The zero-order chi connectivity index (χ0) is 17.2. The van der Waals surface area contributed by atoms with Crippen molar-refractivity contribution in [2.45, 2.75) is 130 Å². The Morgan fingerprint density at radius 3 is 1.43 bits per heavy atom. The monoisotopic (exact) mass is 325 g/mol. The van der Waals surface area contributed by atoms with Gasteiger partial charge in [-0.3, -0.25) is 0 Å². The number of unbranched alkanes of at least 4 members (excludes halogenated alkanes) is 9. The van der Waals surface area contributed by atoms with E-state index < -0.39 is 0 Å². The van der Waals surface area contributed by atoms with Crippen LogP contribution in [0, 0.1) is 0 Å². The van der Waals surface area contributed by atoms with Crippen molar-refractivity contribution in [3.63, 3.8) is 0 Å². The molecular weight excluding hydrogens is 278 g/mol. The lowest BCUT2D eigenvalue weighted by Gasteiger charge is -2.32. The van der Waals surface area contributed by atoms with Crippen LogP contribution in [-0.2, 0) is 0 Å². The molecule has 1 unspecified atom stereocenters. The molecule has 1 nitrogen and oxygen atoms in total. The highest BCUT2D eigenvalue weighted by Gasteiger charge is 2.16. The van der Waals surface area contributed by atoms with Crippen LogP contribution >= 0.6 is 0 Å². The van der Waals surface area contributed by atoms with Crippen molar-refractivity contribution in [2.75, 3.05) is 13.1 Å². The maximum atomic E-state index is 2.85. The van der Waals surface area contributed by atoms with E-state index in [1.165, 1.54) is 109 Å². The first kappa shape index (κ1) is 23.0. The number of rotatable bonds is 18. The Hall–Kier alpha value is -0.0400. The fraction of sp³-hybridized carbons (Fsp3) is 1.00. The Bertz CT molecular complexity index is 206. The Morgan fingerprint density at radius 2 is 0.913 bits per heavy atom. The predicted molar refractivity (Wildman–Crippen MR) is 107 cm³/mol. The molecule has 0 spiro atoms. The average Bonchev–Trinajstić information content (AvgIpc) is 2.57. The molecule has 0 heterocycles. The molecule has 0 radical (unpaired) electrons. The van der Waals surface area contributed by atoms with Crippen molar-refractivity contribution in [3.8, 4) is 0 Å². The first-order valence-corrected chi connectivity index (χ1v) is 11.0. The van der Waals surface area contributed by atoms with Crippen LogP contribution in [0.5, 0.6) is 0 Å². The smallest absolute Gasteiger partial charge is 0.00952 e. The summed E-state index contributed by atoms with van der Waals surface area (Å²) >= 11 is 0. The van der Waals surface area contributed by atoms with Gasteiger partial charge in [0.2, 0.25) is 0 Å². The van der Waals surface area contributed by atoms with Gasteiger partial charge in [0, 0.05) is 6.04 Å². The first-order valence-electron chi connectivity index (χ1n) is 11.0. The molecule has 0 N–H and O–H groups in total. The maximum absolute atomic E-state index is 2.85. The average molecular weight is 326 g/mol. The molecule has 0 aliphatic carbocycles. The summed E-state index contributed by atoms with van der Waals surface area (Å²) < 4.78 is 0. The molecular formula is C22H47N. The minimum Gasteiger partial charge on any atom is -0.300 e. The van der Waals surface area contributed by atoms with Gasteiger partial charge < -0.3 is 4.90 Å². The second kappa shape index (κ2) is 18.3. The van der Waals surface area contributed by atoms with E-state index in [1.54, 1.807) is 0 Å². The van der Waals surface area contributed by atoms with Crippen LogP contribution in [0.2, 0.25) is 0 Å². The van der Waals surface area contributed by atoms with Crippen molar-refractivity contribution in [1.82, 2.24) is 4.90 Å². The van der Waals surface area contributed by atoms with Crippen molar-refractivity contribution in [3.05, 3.63) is 0 Å². The van der Waals surface area contributed by atoms with E-state index in [9.17, 15) is 0 Å². The van der Waals surface area contributed by atoms with Crippen molar-refractivity contribution < 1.29 is 0 Å². The molecule has 0 aromatic heterocycles. The molecule has 0 aromatic rings. The van der Waals surface area contributed by atoms with E-state index in [-0.39, 0.29) is 0 Å². The van der Waals surface area contributed by atoms with Gasteiger partial charge in [-0.05, 0) is 38.8 Å². The molecule has 140 valence electrons. The molecule has 0 bridgehead atoms. The molecule has 0 saturated heterocycles. The zero-order valence-corrected chi connectivity index (χ0v) is 17.0. The summed E-state index contributed by atoms with van der Waals surface area (Å²) in [5, 5.41) is 0. The van der Waals surface area contributed by atoms with Crippen molar-refractivity contribution in [2.24, 2.45) is 0 Å². The van der Waals surface area contributed by atoms with E-state index in [0.717, 1.165) is 6.04 Å². The SMILES string of the molecule is CCCCCCCCCC(CCCC)N(CCCC)CCCC. The lowest BCUT2D eigenvalue weighted by molar-refractivity contribution is 0.166. The van der Waals surface area contributed by atoms with Crippen LogP contribution in [-0.4, -0.2) is 24.0 Å². The topological polar surface area (TPSA) is 3.24 Å². The molecule has 0 saturated carbocycles. The summed E-state index contributed by atoms with van der Waals surface area (Å²) in [7, 11) is 0. The summed E-state index contributed by atoms with van der Waals surface area (Å²) in [5.74, 6) is 0. The molecule has 0 aromatic carbocycles. The summed E-state index contributed by atoms with van der Waals surface area (Å²) in [5.41, 5.74) is 0. The van der Waals surface area contributed by atoms with E-state index >= 15 is 0 Å². The molecule has 0 amide bonds. The molecule has 0 aliphatic heterocycles. The second-order valence-electron chi connectivity index (χ2n) is 7.45. The highest BCUT2D eigenvalue weighted by Crippen LogP contribution is 2.19. The normalized spacial score (nSPS) is 12.9. The van der Waals surface area contributed by atoms with Gasteiger partial charge in [0.15, 0.2) is 0 Å². The third-order valence-corrected chi connectivity index (χ3v) is 5.15. The Balaban J connectivity index is 4.15. The molecule has 0 rings (SSSR count). The molecule has 1 atom stereocenters. The van der Waals surface area contributed by atoms with Gasteiger partial charge in [-0.15, -0.1) is 0 Å².